The van der Waals surface area contributed by atoms with E-state index < -0.39 is 6.04 Å². The highest BCUT2D eigenvalue weighted by atomic mass is 35.5. The number of nitrogens with zero attached hydrogens (tertiary/aromatic N) is 6. The number of carbonyl (C=O) groups is 2. The third kappa shape index (κ3) is 3.29. The summed E-state index contributed by atoms with van der Waals surface area (Å²) >= 11 is 7.35. The first-order valence-electron chi connectivity index (χ1n) is 9.68. The molecule has 9 nitrogen and oxygen atoms in total. The first-order chi connectivity index (χ1) is 14.5. The number of amides is 2. The topological polar surface area (TPSA) is 93.5 Å². The smallest absolute Gasteiger partial charge is 0.255 e. The van der Waals surface area contributed by atoms with Crippen LogP contribution in [0, 0.1) is 0 Å². The van der Waals surface area contributed by atoms with Gasteiger partial charge in [0.25, 0.3) is 5.91 Å². The summed E-state index contributed by atoms with van der Waals surface area (Å²) in [5.74, 6) is 0.483. The minimum atomic E-state index is -0.520. The number of allylic oxidation sites excluding steroid dienone is 4. The van der Waals surface area contributed by atoms with Crippen LogP contribution in [0.3, 0.4) is 0 Å². The van der Waals surface area contributed by atoms with Gasteiger partial charge in [0.1, 0.15) is 0 Å². The monoisotopic (exact) mass is 445 g/mol. The Balaban J connectivity index is 1.23. The number of aromatic nitrogens is 1. The highest BCUT2D eigenvalue weighted by Crippen LogP contribution is 2.31. The van der Waals surface area contributed by atoms with Gasteiger partial charge >= 0.3 is 0 Å². The Morgan fingerprint density at radius 2 is 2.30 bits per heavy atom. The lowest BCUT2D eigenvalue weighted by Gasteiger charge is -2.41. The number of rotatable bonds is 4. The number of halogens is 1. The summed E-state index contributed by atoms with van der Waals surface area (Å²) in [5, 5.41) is 6.06. The zero-order valence-electron chi connectivity index (χ0n) is 16.2. The van der Waals surface area contributed by atoms with Crippen molar-refractivity contribution in [2.75, 3.05) is 32.0 Å². The van der Waals surface area contributed by atoms with E-state index >= 15 is 0 Å². The maximum atomic E-state index is 12.8. The summed E-state index contributed by atoms with van der Waals surface area (Å²) in [6.07, 6.45) is 7.90. The van der Waals surface area contributed by atoms with Gasteiger partial charge in [-0.3, -0.25) is 19.5 Å². The summed E-state index contributed by atoms with van der Waals surface area (Å²) in [7, 11) is 1.71. The van der Waals surface area contributed by atoms with Crippen LogP contribution in [0.5, 0.6) is 0 Å². The van der Waals surface area contributed by atoms with Crippen LogP contribution in [0.4, 0.5) is 5.13 Å². The second-order valence-corrected chi connectivity index (χ2v) is 8.78. The number of carbonyl (C=O) groups excluding carboxylic acids is 2. The Hall–Kier alpha value is -2.72. The fourth-order valence-electron chi connectivity index (χ4n) is 4.08. The molecule has 0 bridgehead atoms. The van der Waals surface area contributed by atoms with Gasteiger partial charge in [0.05, 0.1) is 25.1 Å². The zero-order valence-corrected chi connectivity index (χ0v) is 17.8. The number of hydrogen-bond acceptors (Lipinski definition) is 8. The Kier molecular flexibility index (Phi) is 4.82. The van der Waals surface area contributed by atoms with E-state index in [2.05, 4.69) is 20.3 Å². The highest BCUT2D eigenvalue weighted by molar-refractivity contribution is 7.13. The van der Waals surface area contributed by atoms with Gasteiger partial charge in [-0.25, -0.2) is 9.98 Å². The second kappa shape index (κ2) is 7.51. The van der Waals surface area contributed by atoms with Gasteiger partial charge in [-0.15, -0.1) is 11.3 Å². The molecule has 0 spiro atoms. The van der Waals surface area contributed by atoms with Gasteiger partial charge in [-0.1, -0.05) is 23.8 Å². The Labute approximate surface area is 182 Å². The van der Waals surface area contributed by atoms with Crippen LogP contribution in [0.25, 0.3) is 0 Å². The Morgan fingerprint density at radius 3 is 3.10 bits per heavy atom. The van der Waals surface area contributed by atoms with Gasteiger partial charge < -0.3 is 15.1 Å². The molecule has 3 unspecified atom stereocenters. The first kappa shape index (κ1) is 19.3. The number of thiazole rings is 1. The number of nitrogens with one attached hydrogen (secondary N) is 1. The number of fused-ring (bicyclic) bond motifs is 3. The molecule has 1 N–H and O–H groups in total. The second-order valence-electron chi connectivity index (χ2n) is 7.48. The molecule has 3 atom stereocenters. The lowest BCUT2D eigenvalue weighted by atomic mass is 9.98. The quantitative estimate of drug-likeness (QED) is 0.756. The molecule has 1 saturated heterocycles. The standard InChI is InChI=1S/C19H20ClN7O2S/c1-25-17(29)15-16(27-7-6-21-19(25)27)22-10-26(15)8-14(28)24-18-23-13(9-30-18)11-2-4-12(20)5-3-11/h2,4-5,9-11,15-16H,3,6-8H2,1H3,(H,23,24,28). The molecular formula is C19H20ClN7O2S. The van der Waals surface area contributed by atoms with E-state index in [1.807, 2.05) is 28.5 Å². The van der Waals surface area contributed by atoms with Crippen LogP contribution >= 0.6 is 22.9 Å². The van der Waals surface area contributed by atoms with Crippen molar-refractivity contribution in [3.63, 3.8) is 0 Å². The Bertz CT molecular complexity index is 1020. The van der Waals surface area contributed by atoms with Gasteiger partial charge in [-0.05, 0) is 12.5 Å². The molecule has 1 fully saturated rings. The van der Waals surface area contributed by atoms with Crippen LogP contribution in [0.1, 0.15) is 18.0 Å². The van der Waals surface area contributed by atoms with Crippen molar-refractivity contribution in [3.05, 3.63) is 34.3 Å². The molecule has 30 heavy (non-hydrogen) atoms. The van der Waals surface area contributed by atoms with Crippen molar-refractivity contribution in [2.24, 2.45) is 9.98 Å². The normalized spacial score (nSPS) is 27.2. The van der Waals surface area contributed by atoms with Gasteiger partial charge in [0.15, 0.2) is 17.3 Å². The molecule has 11 heteroatoms. The van der Waals surface area contributed by atoms with E-state index in [0.29, 0.717) is 17.6 Å². The molecule has 5 rings (SSSR count). The maximum Gasteiger partial charge on any atom is 0.255 e. The first-order valence-corrected chi connectivity index (χ1v) is 10.9. The number of aliphatic imine (C=N–C) groups is 2. The molecule has 1 aromatic rings. The van der Waals surface area contributed by atoms with Crippen molar-refractivity contribution in [1.82, 2.24) is 19.7 Å². The number of hydrogen-bond donors (Lipinski definition) is 1. The van der Waals surface area contributed by atoms with Crippen LogP contribution < -0.4 is 5.32 Å². The van der Waals surface area contributed by atoms with Crippen LogP contribution in [-0.2, 0) is 9.59 Å². The van der Waals surface area contributed by atoms with Crippen LogP contribution in [0.2, 0.25) is 0 Å². The molecule has 1 aromatic heterocycles. The highest BCUT2D eigenvalue weighted by Gasteiger charge is 2.49. The lowest BCUT2D eigenvalue weighted by molar-refractivity contribution is -0.134. The summed E-state index contributed by atoms with van der Waals surface area (Å²) in [6, 6.07) is -0.520. The molecular weight excluding hydrogens is 426 g/mol. The fraction of sp³-hybridized carbons (Fsp3) is 0.421. The van der Waals surface area contributed by atoms with Crippen molar-refractivity contribution in [2.45, 2.75) is 24.5 Å². The van der Waals surface area contributed by atoms with Crippen molar-refractivity contribution in [3.8, 4) is 0 Å². The van der Waals surface area contributed by atoms with Crippen molar-refractivity contribution >= 4 is 52.2 Å². The summed E-state index contributed by atoms with van der Waals surface area (Å²) < 4.78 is 0. The molecule has 156 valence electrons. The molecule has 4 aliphatic rings. The van der Waals surface area contributed by atoms with Crippen molar-refractivity contribution < 1.29 is 9.59 Å². The van der Waals surface area contributed by atoms with Crippen molar-refractivity contribution in [1.29, 1.82) is 0 Å². The van der Waals surface area contributed by atoms with E-state index in [4.69, 9.17) is 11.6 Å². The average Bonchev–Trinajstić information content (AvgIpc) is 3.46. The molecule has 0 radical (unpaired) electrons. The molecule has 4 heterocycles. The Morgan fingerprint density at radius 1 is 1.43 bits per heavy atom. The minimum Gasteiger partial charge on any atom is -0.338 e. The summed E-state index contributed by atoms with van der Waals surface area (Å²) in [4.78, 5) is 44.1. The number of guanidine groups is 1. The minimum absolute atomic E-state index is 0.0289. The van der Waals surface area contributed by atoms with Gasteiger partial charge in [-0.2, -0.15) is 0 Å². The molecule has 0 saturated carbocycles. The van der Waals surface area contributed by atoms with Crippen LogP contribution in [0.15, 0.2) is 38.6 Å². The maximum absolute atomic E-state index is 12.8. The van der Waals surface area contributed by atoms with E-state index in [1.54, 1.807) is 23.2 Å². The van der Waals surface area contributed by atoms with Crippen LogP contribution in [-0.4, -0.2) is 82.7 Å². The number of anilines is 1. The van der Waals surface area contributed by atoms with Gasteiger partial charge in [0, 0.05) is 29.9 Å². The summed E-state index contributed by atoms with van der Waals surface area (Å²) in [6.45, 7) is 1.40. The van der Waals surface area contributed by atoms with E-state index in [9.17, 15) is 9.59 Å². The fourth-order valence-corrected chi connectivity index (χ4v) is 5.04. The third-order valence-corrected chi connectivity index (χ3v) is 6.65. The number of likely N-dealkylation sites (N-methyl/N-ethyl adjacent to an activating group) is 1. The van der Waals surface area contributed by atoms with E-state index in [0.717, 1.165) is 23.7 Å². The molecule has 2 amide bonds. The molecule has 0 aromatic carbocycles. The van der Waals surface area contributed by atoms with E-state index in [1.165, 1.54) is 11.3 Å². The molecule has 3 aliphatic heterocycles. The predicted molar refractivity (Wildman–Crippen MR) is 116 cm³/mol. The SMILES string of the molecule is CN1C(=O)C2C(N=CN2CC(=O)Nc2nc(C3C=CC(Cl)=CC3)cs2)N2CCN=C12. The van der Waals surface area contributed by atoms with Gasteiger partial charge in [0.2, 0.25) is 11.9 Å². The average molecular weight is 446 g/mol. The van der Waals surface area contributed by atoms with E-state index in [-0.39, 0.29) is 30.4 Å². The lowest BCUT2D eigenvalue weighted by Crippen LogP contribution is -2.64. The zero-order chi connectivity index (χ0) is 20.8. The predicted octanol–water partition coefficient (Wildman–Crippen LogP) is 1.43. The summed E-state index contributed by atoms with van der Waals surface area (Å²) in [5.41, 5.74) is 0.902. The third-order valence-electron chi connectivity index (χ3n) is 5.59. The molecule has 1 aliphatic carbocycles. The largest absolute Gasteiger partial charge is 0.338 e.